The van der Waals surface area contributed by atoms with Gasteiger partial charge in [-0.1, -0.05) is 11.6 Å². The van der Waals surface area contributed by atoms with Crippen LogP contribution in [0.4, 0.5) is 11.5 Å². The van der Waals surface area contributed by atoms with E-state index in [-0.39, 0.29) is 6.10 Å². The average Bonchev–Trinajstić information content (AvgIpc) is 3.02. The van der Waals surface area contributed by atoms with Crippen LogP contribution in [0, 0.1) is 0 Å². The number of aromatic nitrogens is 2. The van der Waals surface area contributed by atoms with Gasteiger partial charge in [0.2, 0.25) is 0 Å². The summed E-state index contributed by atoms with van der Waals surface area (Å²) >= 11 is 5.82. The van der Waals surface area contributed by atoms with Crippen molar-refractivity contribution in [3.8, 4) is 5.75 Å². The zero-order valence-corrected chi connectivity index (χ0v) is 14.9. The van der Waals surface area contributed by atoms with Crippen LogP contribution in [0.25, 0.3) is 10.8 Å². The number of nitrogens with zero attached hydrogens (tertiary/aromatic N) is 2. The number of ether oxygens (including phenoxy) is 1. The SMILES string of the molecule is O=S1CCC(Oc2ccc3c(Nc4ccc(Cl)nc4)nccc3c2)C1. The Labute approximate surface area is 152 Å². The first-order chi connectivity index (χ1) is 12.2. The molecular formula is C18H16ClN3O2S. The summed E-state index contributed by atoms with van der Waals surface area (Å²) in [5.41, 5.74) is 0.818. The highest BCUT2D eigenvalue weighted by molar-refractivity contribution is 7.85. The second kappa shape index (κ2) is 6.98. The molecule has 5 nitrogen and oxygen atoms in total. The van der Waals surface area contributed by atoms with Crippen molar-refractivity contribution in [2.24, 2.45) is 0 Å². The number of hydrogen-bond acceptors (Lipinski definition) is 5. The highest BCUT2D eigenvalue weighted by atomic mass is 35.5. The average molecular weight is 374 g/mol. The van der Waals surface area contributed by atoms with E-state index in [1.165, 1.54) is 0 Å². The van der Waals surface area contributed by atoms with E-state index in [1.54, 1.807) is 18.5 Å². The van der Waals surface area contributed by atoms with E-state index in [1.807, 2.05) is 30.3 Å². The van der Waals surface area contributed by atoms with Crippen LogP contribution < -0.4 is 10.1 Å². The highest BCUT2D eigenvalue weighted by Crippen LogP contribution is 2.28. The van der Waals surface area contributed by atoms with E-state index in [9.17, 15) is 4.21 Å². The van der Waals surface area contributed by atoms with E-state index >= 15 is 0 Å². The third-order valence-corrected chi connectivity index (χ3v) is 5.73. The van der Waals surface area contributed by atoms with Crippen molar-refractivity contribution >= 4 is 44.7 Å². The lowest BCUT2D eigenvalue weighted by Crippen LogP contribution is -2.16. The maximum atomic E-state index is 11.5. The lowest BCUT2D eigenvalue weighted by Gasteiger charge is -2.14. The van der Waals surface area contributed by atoms with Gasteiger partial charge >= 0.3 is 0 Å². The number of rotatable bonds is 4. The third kappa shape index (κ3) is 3.75. The maximum Gasteiger partial charge on any atom is 0.138 e. The summed E-state index contributed by atoms with van der Waals surface area (Å²) < 4.78 is 17.5. The fourth-order valence-corrected chi connectivity index (χ4v) is 4.29. The molecule has 0 aliphatic carbocycles. The standard InChI is InChI=1S/C18H16ClN3O2S/c19-17-4-1-13(10-21-17)22-18-16-3-2-14(9-12(16)5-7-20-18)24-15-6-8-25(23)11-15/h1-5,7,9-10,15H,6,8,11H2,(H,20,22). The fraction of sp³-hybridized carbons (Fsp3) is 0.222. The molecule has 2 unspecified atom stereocenters. The largest absolute Gasteiger partial charge is 0.489 e. The highest BCUT2D eigenvalue weighted by Gasteiger charge is 2.22. The molecule has 0 radical (unpaired) electrons. The second-order valence-electron chi connectivity index (χ2n) is 5.88. The van der Waals surface area contributed by atoms with Gasteiger partial charge in [0.15, 0.2) is 0 Å². The minimum absolute atomic E-state index is 0.0397. The molecule has 3 heterocycles. The molecule has 7 heteroatoms. The molecule has 2 aromatic heterocycles. The fourth-order valence-electron chi connectivity index (χ4n) is 2.84. The van der Waals surface area contributed by atoms with Gasteiger partial charge in [0.05, 0.1) is 17.6 Å². The van der Waals surface area contributed by atoms with Crippen molar-refractivity contribution in [3.05, 3.63) is 53.9 Å². The quantitative estimate of drug-likeness (QED) is 0.702. The van der Waals surface area contributed by atoms with Gasteiger partial charge in [-0.25, -0.2) is 9.97 Å². The number of hydrogen-bond donors (Lipinski definition) is 1. The Morgan fingerprint density at radius 1 is 1.20 bits per heavy atom. The summed E-state index contributed by atoms with van der Waals surface area (Å²) in [5.74, 6) is 2.88. The monoisotopic (exact) mass is 373 g/mol. The van der Waals surface area contributed by atoms with Crippen molar-refractivity contribution in [1.29, 1.82) is 0 Å². The molecule has 1 aromatic carbocycles. The lowest BCUT2D eigenvalue weighted by atomic mass is 10.1. The second-order valence-corrected chi connectivity index (χ2v) is 7.88. The van der Waals surface area contributed by atoms with E-state index in [2.05, 4.69) is 15.3 Å². The smallest absolute Gasteiger partial charge is 0.138 e. The van der Waals surface area contributed by atoms with Gasteiger partial charge in [0, 0.05) is 28.1 Å². The van der Waals surface area contributed by atoms with Gasteiger partial charge < -0.3 is 10.1 Å². The first-order valence-electron chi connectivity index (χ1n) is 7.96. The van der Waals surface area contributed by atoms with Crippen molar-refractivity contribution < 1.29 is 8.95 Å². The molecule has 25 heavy (non-hydrogen) atoms. The predicted octanol–water partition coefficient (Wildman–Crippen LogP) is 3.93. The zero-order valence-electron chi connectivity index (χ0n) is 13.3. The molecule has 3 aromatic rings. The maximum absolute atomic E-state index is 11.5. The number of nitrogens with one attached hydrogen (secondary N) is 1. The molecule has 2 atom stereocenters. The van der Waals surface area contributed by atoms with Crippen molar-refractivity contribution in [1.82, 2.24) is 9.97 Å². The van der Waals surface area contributed by atoms with Gasteiger partial charge in [-0.15, -0.1) is 0 Å². The van der Waals surface area contributed by atoms with Crippen LogP contribution in [0.15, 0.2) is 48.8 Å². The minimum Gasteiger partial charge on any atom is -0.489 e. The summed E-state index contributed by atoms with van der Waals surface area (Å²) in [7, 11) is -0.742. The predicted molar refractivity (Wildman–Crippen MR) is 101 cm³/mol. The molecule has 128 valence electrons. The summed E-state index contributed by atoms with van der Waals surface area (Å²) in [6.45, 7) is 0. The number of anilines is 2. The summed E-state index contributed by atoms with van der Waals surface area (Å²) in [6, 6.07) is 11.4. The molecule has 1 aliphatic rings. The van der Waals surface area contributed by atoms with E-state index in [0.717, 1.165) is 40.2 Å². The Morgan fingerprint density at radius 2 is 2.12 bits per heavy atom. The molecule has 1 fully saturated rings. The molecule has 0 amide bonds. The number of pyridine rings is 2. The Kier molecular flexibility index (Phi) is 4.55. The molecular weight excluding hydrogens is 358 g/mol. The lowest BCUT2D eigenvalue weighted by molar-refractivity contribution is 0.229. The van der Waals surface area contributed by atoms with E-state index in [0.29, 0.717) is 10.9 Å². The summed E-state index contributed by atoms with van der Waals surface area (Å²) in [4.78, 5) is 8.48. The number of fused-ring (bicyclic) bond motifs is 1. The number of benzene rings is 1. The van der Waals surface area contributed by atoms with Crippen LogP contribution >= 0.6 is 11.6 Å². The van der Waals surface area contributed by atoms with Gasteiger partial charge in [0.1, 0.15) is 22.8 Å². The van der Waals surface area contributed by atoms with E-state index in [4.69, 9.17) is 16.3 Å². The zero-order chi connectivity index (χ0) is 17.2. The summed E-state index contributed by atoms with van der Waals surface area (Å²) in [5, 5.41) is 5.72. The summed E-state index contributed by atoms with van der Waals surface area (Å²) in [6.07, 6.45) is 4.30. The Hall–Kier alpha value is -2.18. The Morgan fingerprint density at radius 3 is 2.88 bits per heavy atom. The minimum atomic E-state index is -0.742. The van der Waals surface area contributed by atoms with E-state index < -0.39 is 10.8 Å². The molecule has 0 spiro atoms. The molecule has 0 bridgehead atoms. The first-order valence-corrected chi connectivity index (χ1v) is 9.83. The van der Waals surface area contributed by atoms with Crippen LogP contribution in [0.3, 0.4) is 0 Å². The molecule has 0 saturated carbocycles. The van der Waals surface area contributed by atoms with Gasteiger partial charge in [0.25, 0.3) is 0 Å². The van der Waals surface area contributed by atoms with Crippen LogP contribution in [-0.4, -0.2) is 31.8 Å². The van der Waals surface area contributed by atoms with Crippen LogP contribution in [0.1, 0.15) is 6.42 Å². The number of halogens is 1. The van der Waals surface area contributed by atoms with Crippen molar-refractivity contribution in [2.75, 3.05) is 16.8 Å². The molecule has 1 N–H and O–H groups in total. The first kappa shape index (κ1) is 16.3. The third-order valence-electron chi connectivity index (χ3n) is 4.07. The van der Waals surface area contributed by atoms with Crippen molar-refractivity contribution in [3.63, 3.8) is 0 Å². The van der Waals surface area contributed by atoms with Crippen LogP contribution in [-0.2, 0) is 10.8 Å². The Bertz CT molecular complexity index is 933. The van der Waals surface area contributed by atoms with Crippen molar-refractivity contribution in [2.45, 2.75) is 12.5 Å². The van der Waals surface area contributed by atoms with Crippen LogP contribution in [0.2, 0.25) is 5.15 Å². The normalized spacial score (nSPS) is 19.9. The van der Waals surface area contributed by atoms with Gasteiger partial charge in [-0.05, 0) is 48.2 Å². The van der Waals surface area contributed by atoms with Gasteiger partial charge in [-0.2, -0.15) is 0 Å². The van der Waals surface area contributed by atoms with Gasteiger partial charge in [-0.3, -0.25) is 4.21 Å². The molecule has 1 saturated heterocycles. The Balaban J connectivity index is 1.59. The molecule has 1 aliphatic heterocycles. The van der Waals surface area contributed by atoms with Crippen LogP contribution in [0.5, 0.6) is 5.75 Å². The molecule has 4 rings (SSSR count). The topological polar surface area (TPSA) is 64.1 Å².